The van der Waals surface area contributed by atoms with Gasteiger partial charge in [0.15, 0.2) is 11.5 Å². The largest absolute Gasteiger partial charge is 0.490 e. The third-order valence-corrected chi connectivity index (χ3v) is 4.82. The highest BCUT2D eigenvalue weighted by Gasteiger charge is 2.13. The molecule has 0 atom stereocenters. The summed E-state index contributed by atoms with van der Waals surface area (Å²) in [6.07, 6.45) is 1.47. The van der Waals surface area contributed by atoms with Crippen molar-refractivity contribution in [3.8, 4) is 11.5 Å². The summed E-state index contributed by atoms with van der Waals surface area (Å²) in [5.41, 5.74) is 3.96. The smallest absolute Gasteiger partial charge is 0.343 e. The van der Waals surface area contributed by atoms with E-state index in [1.165, 1.54) is 6.21 Å². The zero-order valence-corrected chi connectivity index (χ0v) is 18.8. The van der Waals surface area contributed by atoms with E-state index in [1.54, 1.807) is 66.7 Å². The SMILES string of the molecule is CCOc1cc(C=NNC(=O)c2ccc(Cl)cc2)ccc1OC(=O)c1ccc(Br)cc1. The summed E-state index contributed by atoms with van der Waals surface area (Å²) >= 11 is 9.15. The van der Waals surface area contributed by atoms with Gasteiger partial charge < -0.3 is 9.47 Å². The number of carbonyl (C=O) groups excluding carboxylic acids is 2. The van der Waals surface area contributed by atoms with Gasteiger partial charge in [-0.25, -0.2) is 10.2 Å². The molecule has 3 rings (SSSR count). The molecule has 1 N–H and O–H groups in total. The van der Waals surface area contributed by atoms with Gasteiger partial charge in [-0.1, -0.05) is 27.5 Å². The molecule has 31 heavy (non-hydrogen) atoms. The second-order valence-electron chi connectivity index (χ2n) is 6.24. The lowest BCUT2D eigenvalue weighted by molar-refractivity contribution is 0.0728. The third kappa shape index (κ3) is 6.41. The van der Waals surface area contributed by atoms with Gasteiger partial charge in [-0.3, -0.25) is 4.79 Å². The molecular formula is C23H18BrClN2O4. The molecule has 0 aliphatic heterocycles. The molecule has 0 saturated carbocycles. The van der Waals surface area contributed by atoms with Crippen LogP contribution in [0.1, 0.15) is 33.2 Å². The van der Waals surface area contributed by atoms with Gasteiger partial charge in [-0.15, -0.1) is 0 Å². The van der Waals surface area contributed by atoms with Gasteiger partial charge in [0.1, 0.15) is 0 Å². The minimum atomic E-state index is -0.495. The molecule has 0 radical (unpaired) electrons. The standard InChI is InChI=1S/C23H18BrClN2O4/c1-2-30-21-13-15(14-26-27-22(28)16-6-10-19(25)11-7-16)3-12-20(21)31-23(29)17-4-8-18(24)9-5-17/h3-14H,2H2,1H3,(H,27,28). The van der Waals surface area contributed by atoms with Crippen molar-refractivity contribution in [1.29, 1.82) is 0 Å². The van der Waals surface area contributed by atoms with E-state index in [4.69, 9.17) is 21.1 Å². The first-order valence-electron chi connectivity index (χ1n) is 9.30. The molecule has 0 heterocycles. The quantitative estimate of drug-likeness (QED) is 0.201. The van der Waals surface area contributed by atoms with Gasteiger partial charge in [-0.05, 0) is 79.2 Å². The van der Waals surface area contributed by atoms with Crippen LogP contribution in [0.5, 0.6) is 11.5 Å². The number of esters is 1. The number of hydrazone groups is 1. The van der Waals surface area contributed by atoms with Crippen molar-refractivity contribution in [2.24, 2.45) is 5.10 Å². The molecule has 0 aromatic heterocycles. The first kappa shape index (κ1) is 22.5. The highest BCUT2D eigenvalue weighted by atomic mass is 79.9. The van der Waals surface area contributed by atoms with Crippen LogP contribution in [0.2, 0.25) is 5.02 Å². The minimum absolute atomic E-state index is 0.289. The maximum absolute atomic E-state index is 12.4. The number of nitrogens with one attached hydrogen (secondary N) is 1. The lowest BCUT2D eigenvalue weighted by Gasteiger charge is -2.11. The topological polar surface area (TPSA) is 77.0 Å². The fourth-order valence-corrected chi connectivity index (χ4v) is 2.92. The predicted octanol–water partition coefficient (Wildman–Crippen LogP) is 5.48. The van der Waals surface area contributed by atoms with Crippen molar-refractivity contribution < 1.29 is 19.1 Å². The lowest BCUT2D eigenvalue weighted by Crippen LogP contribution is -2.17. The van der Waals surface area contributed by atoms with Crippen LogP contribution in [0, 0.1) is 0 Å². The third-order valence-electron chi connectivity index (χ3n) is 4.04. The Balaban J connectivity index is 1.69. The van der Waals surface area contributed by atoms with E-state index in [2.05, 4.69) is 26.5 Å². The molecule has 6 nitrogen and oxygen atoms in total. The monoisotopic (exact) mass is 500 g/mol. The summed E-state index contributed by atoms with van der Waals surface area (Å²) in [6, 6.07) is 18.3. The summed E-state index contributed by atoms with van der Waals surface area (Å²) in [7, 11) is 0. The number of ether oxygens (including phenoxy) is 2. The van der Waals surface area contributed by atoms with Crippen molar-refractivity contribution >= 4 is 45.6 Å². The van der Waals surface area contributed by atoms with Gasteiger partial charge in [0.2, 0.25) is 0 Å². The summed E-state index contributed by atoms with van der Waals surface area (Å²) in [4.78, 5) is 24.5. The molecule has 3 aromatic carbocycles. The molecule has 0 aliphatic carbocycles. The highest BCUT2D eigenvalue weighted by molar-refractivity contribution is 9.10. The Morgan fingerprint density at radius 1 is 1.00 bits per heavy atom. The molecule has 0 bridgehead atoms. The highest BCUT2D eigenvalue weighted by Crippen LogP contribution is 2.29. The van der Waals surface area contributed by atoms with E-state index in [-0.39, 0.29) is 11.7 Å². The summed E-state index contributed by atoms with van der Waals surface area (Å²) < 4.78 is 11.9. The van der Waals surface area contributed by atoms with E-state index in [9.17, 15) is 9.59 Å². The van der Waals surface area contributed by atoms with Crippen molar-refractivity contribution in [2.75, 3.05) is 6.61 Å². The molecule has 8 heteroatoms. The molecular weight excluding hydrogens is 484 g/mol. The average molecular weight is 502 g/mol. The number of rotatable bonds is 7. The van der Waals surface area contributed by atoms with Crippen molar-refractivity contribution in [3.63, 3.8) is 0 Å². The second-order valence-corrected chi connectivity index (χ2v) is 7.59. The Kier molecular flexibility index (Phi) is 7.81. The van der Waals surface area contributed by atoms with E-state index >= 15 is 0 Å². The van der Waals surface area contributed by atoms with Crippen LogP contribution < -0.4 is 14.9 Å². The number of hydrogen-bond acceptors (Lipinski definition) is 5. The Morgan fingerprint density at radius 3 is 2.35 bits per heavy atom. The van der Waals surface area contributed by atoms with Crippen molar-refractivity contribution in [3.05, 3.63) is 92.9 Å². The van der Waals surface area contributed by atoms with Crippen LogP contribution in [0.15, 0.2) is 76.3 Å². The Morgan fingerprint density at radius 2 is 1.68 bits per heavy atom. The Labute approximate surface area is 193 Å². The Bertz CT molecular complexity index is 1100. The summed E-state index contributed by atoms with van der Waals surface area (Å²) in [5, 5.41) is 4.51. The minimum Gasteiger partial charge on any atom is -0.490 e. The normalized spacial score (nSPS) is 10.7. The molecule has 1 amide bonds. The molecule has 0 aliphatic rings. The fourth-order valence-electron chi connectivity index (χ4n) is 2.53. The van der Waals surface area contributed by atoms with Gasteiger partial charge in [0.25, 0.3) is 5.91 Å². The van der Waals surface area contributed by atoms with E-state index in [1.807, 2.05) is 6.92 Å². The maximum Gasteiger partial charge on any atom is 0.343 e. The molecule has 0 fully saturated rings. The first-order chi connectivity index (χ1) is 15.0. The van der Waals surface area contributed by atoms with Gasteiger partial charge in [0, 0.05) is 15.1 Å². The molecule has 0 spiro atoms. The lowest BCUT2D eigenvalue weighted by atomic mass is 10.2. The summed E-state index contributed by atoms with van der Waals surface area (Å²) in [5.74, 6) is -0.179. The first-order valence-corrected chi connectivity index (χ1v) is 10.5. The number of nitrogens with zero attached hydrogens (tertiary/aromatic N) is 1. The van der Waals surface area contributed by atoms with Crippen LogP contribution in [0.25, 0.3) is 0 Å². The van der Waals surface area contributed by atoms with Crippen molar-refractivity contribution in [1.82, 2.24) is 5.43 Å². The average Bonchev–Trinajstić information content (AvgIpc) is 2.76. The number of benzene rings is 3. The maximum atomic E-state index is 12.4. The van der Waals surface area contributed by atoms with E-state index in [0.717, 1.165) is 4.47 Å². The zero-order valence-electron chi connectivity index (χ0n) is 16.5. The van der Waals surface area contributed by atoms with Crippen LogP contribution >= 0.6 is 27.5 Å². The predicted molar refractivity (Wildman–Crippen MR) is 123 cm³/mol. The number of amides is 1. The van der Waals surface area contributed by atoms with Crippen LogP contribution in [0.3, 0.4) is 0 Å². The van der Waals surface area contributed by atoms with E-state index < -0.39 is 5.97 Å². The molecule has 158 valence electrons. The molecule has 3 aromatic rings. The number of carbonyl (C=O) groups is 2. The molecule has 0 saturated heterocycles. The fraction of sp³-hybridized carbons (Fsp3) is 0.0870. The Hall–Kier alpha value is -3.16. The van der Waals surface area contributed by atoms with Gasteiger partial charge >= 0.3 is 5.97 Å². The van der Waals surface area contributed by atoms with Crippen LogP contribution in [-0.2, 0) is 0 Å². The number of hydrogen-bond donors (Lipinski definition) is 1. The number of halogens is 2. The van der Waals surface area contributed by atoms with Gasteiger partial charge in [-0.2, -0.15) is 5.10 Å². The molecule has 0 unspecified atom stereocenters. The van der Waals surface area contributed by atoms with Crippen molar-refractivity contribution in [2.45, 2.75) is 6.92 Å². The zero-order chi connectivity index (χ0) is 22.2. The summed E-state index contributed by atoms with van der Waals surface area (Å²) in [6.45, 7) is 2.21. The van der Waals surface area contributed by atoms with Gasteiger partial charge in [0.05, 0.1) is 18.4 Å². The second kappa shape index (κ2) is 10.7. The van der Waals surface area contributed by atoms with Crippen LogP contribution in [-0.4, -0.2) is 24.7 Å². The van der Waals surface area contributed by atoms with Crippen LogP contribution in [0.4, 0.5) is 0 Å². The van der Waals surface area contributed by atoms with E-state index in [0.29, 0.717) is 34.1 Å².